The van der Waals surface area contributed by atoms with Crippen molar-refractivity contribution in [2.24, 2.45) is 0 Å². The van der Waals surface area contributed by atoms with Gasteiger partial charge in [-0.1, -0.05) is 17.7 Å². The summed E-state index contributed by atoms with van der Waals surface area (Å²) in [5, 5.41) is 5.85. The van der Waals surface area contributed by atoms with E-state index in [1.807, 2.05) is 38.1 Å². The van der Waals surface area contributed by atoms with E-state index in [0.29, 0.717) is 24.8 Å². The van der Waals surface area contributed by atoms with Crippen LogP contribution in [-0.2, 0) is 4.74 Å². The molecule has 2 aromatic rings. The van der Waals surface area contributed by atoms with Gasteiger partial charge < -0.3 is 15.4 Å². The molecule has 2 N–H and O–H groups in total. The van der Waals surface area contributed by atoms with Crippen molar-refractivity contribution in [3.05, 3.63) is 47.3 Å². The number of methoxy groups -OCH3 is 1. The predicted octanol–water partition coefficient (Wildman–Crippen LogP) is 2.40. The molecule has 6 nitrogen and oxygen atoms in total. The molecule has 6 heteroatoms. The number of aromatic nitrogens is 2. The van der Waals surface area contributed by atoms with Crippen LogP contribution in [0.1, 0.15) is 21.7 Å². The van der Waals surface area contributed by atoms with Gasteiger partial charge in [0.05, 0.1) is 6.61 Å². The fourth-order valence-corrected chi connectivity index (χ4v) is 1.86. The van der Waals surface area contributed by atoms with Crippen LogP contribution in [0.15, 0.2) is 30.3 Å². The lowest BCUT2D eigenvalue weighted by atomic mass is 10.2. The van der Waals surface area contributed by atoms with Crippen molar-refractivity contribution in [2.75, 3.05) is 30.9 Å². The van der Waals surface area contributed by atoms with Gasteiger partial charge in [0.1, 0.15) is 5.69 Å². The number of anilines is 2. The van der Waals surface area contributed by atoms with Gasteiger partial charge >= 0.3 is 0 Å². The molecule has 1 amide bonds. The van der Waals surface area contributed by atoms with Gasteiger partial charge in [0, 0.05) is 25.0 Å². The molecular weight excluding hydrogens is 280 g/mol. The quantitative estimate of drug-likeness (QED) is 0.801. The normalized spacial score (nSPS) is 10.3. The van der Waals surface area contributed by atoms with Crippen molar-refractivity contribution in [1.29, 1.82) is 0 Å². The van der Waals surface area contributed by atoms with Gasteiger partial charge in [-0.2, -0.15) is 0 Å². The number of hydrogen-bond donors (Lipinski definition) is 2. The van der Waals surface area contributed by atoms with Crippen LogP contribution >= 0.6 is 0 Å². The first-order chi connectivity index (χ1) is 10.6. The van der Waals surface area contributed by atoms with Crippen LogP contribution in [0.5, 0.6) is 0 Å². The second-order valence-corrected chi connectivity index (χ2v) is 4.96. The van der Waals surface area contributed by atoms with Crippen LogP contribution in [0.4, 0.5) is 11.6 Å². The molecule has 0 aliphatic heterocycles. The molecule has 116 valence electrons. The topological polar surface area (TPSA) is 76.1 Å². The van der Waals surface area contributed by atoms with E-state index >= 15 is 0 Å². The smallest absolute Gasteiger partial charge is 0.274 e. The monoisotopic (exact) mass is 300 g/mol. The maximum Gasteiger partial charge on any atom is 0.274 e. The van der Waals surface area contributed by atoms with Crippen molar-refractivity contribution in [3.63, 3.8) is 0 Å². The fraction of sp³-hybridized carbons (Fsp3) is 0.312. The lowest BCUT2D eigenvalue weighted by Crippen LogP contribution is -2.17. The molecular formula is C16H20N4O2. The summed E-state index contributed by atoms with van der Waals surface area (Å²) in [4.78, 5) is 20.8. The van der Waals surface area contributed by atoms with Crippen LogP contribution in [0.2, 0.25) is 0 Å². The van der Waals surface area contributed by atoms with Crippen LogP contribution in [0, 0.1) is 13.8 Å². The Kier molecular flexibility index (Phi) is 5.43. The maximum atomic E-state index is 12.3. The number of benzene rings is 1. The number of nitrogens with zero attached hydrogens (tertiary/aromatic N) is 2. The van der Waals surface area contributed by atoms with Gasteiger partial charge in [-0.15, -0.1) is 0 Å². The molecule has 0 saturated heterocycles. The average molecular weight is 300 g/mol. The van der Waals surface area contributed by atoms with Crippen LogP contribution in [-0.4, -0.2) is 36.1 Å². The molecule has 0 unspecified atom stereocenters. The fourth-order valence-electron chi connectivity index (χ4n) is 1.86. The largest absolute Gasteiger partial charge is 0.383 e. The van der Waals surface area contributed by atoms with Gasteiger partial charge in [-0.05, 0) is 32.0 Å². The molecule has 1 aromatic carbocycles. The molecule has 1 aromatic heterocycles. The second kappa shape index (κ2) is 7.51. The average Bonchev–Trinajstić information content (AvgIpc) is 2.49. The first-order valence-electron chi connectivity index (χ1n) is 7.05. The first kappa shape index (κ1) is 15.9. The van der Waals surface area contributed by atoms with E-state index in [1.165, 1.54) is 0 Å². The summed E-state index contributed by atoms with van der Waals surface area (Å²) in [6.45, 7) is 4.95. The van der Waals surface area contributed by atoms with E-state index in [0.717, 1.165) is 16.9 Å². The lowest BCUT2D eigenvalue weighted by molar-refractivity contribution is 0.102. The molecule has 0 radical (unpaired) electrons. The van der Waals surface area contributed by atoms with Crippen molar-refractivity contribution >= 4 is 17.5 Å². The number of carbonyl (C=O) groups is 1. The first-order valence-corrected chi connectivity index (χ1v) is 7.05. The summed E-state index contributed by atoms with van der Waals surface area (Å²) >= 11 is 0. The van der Waals surface area contributed by atoms with E-state index < -0.39 is 0 Å². The highest BCUT2D eigenvalue weighted by Gasteiger charge is 2.10. The number of nitrogens with one attached hydrogen (secondary N) is 2. The van der Waals surface area contributed by atoms with Crippen molar-refractivity contribution < 1.29 is 9.53 Å². The van der Waals surface area contributed by atoms with E-state index in [9.17, 15) is 4.79 Å². The molecule has 0 aliphatic rings. The zero-order valence-electron chi connectivity index (χ0n) is 13.0. The Hall–Kier alpha value is -2.47. The predicted molar refractivity (Wildman–Crippen MR) is 86.3 cm³/mol. The standard InChI is InChI=1S/C16H20N4O2/c1-11-4-6-13(7-5-11)19-15(21)14-10-12(2)18-16(20-14)17-8-9-22-3/h4-7,10H,8-9H2,1-3H3,(H,19,21)(H,17,18,20). The summed E-state index contributed by atoms with van der Waals surface area (Å²) in [5.74, 6) is 0.162. The minimum absolute atomic E-state index is 0.260. The zero-order valence-corrected chi connectivity index (χ0v) is 13.0. The lowest BCUT2D eigenvalue weighted by Gasteiger charge is -2.09. The van der Waals surface area contributed by atoms with Gasteiger partial charge in [0.15, 0.2) is 0 Å². The number of ether oxygens (including phenoxy) is 1. The van der Waals surface area contributed by atoms with Crippen LogP contribution in [0.3, 0.4) is 0 Å². The Labute approximate surface area is 129 Å². The van der Waals surface area contributed by atoms with Gasteiger partial charge in [-0.25, -0.2) is 9.97 Å². The maximum absolute atomic E-state index is 12.3. The minimum atomic E-state index is -0.260. The van der Waals surface area contributed by atoms with Crippen LogP contribution < -0.4 is 10.6 Å². The zero-order chi connectivity index (χ0) is 15.9. The molecule has 22 heavy (non-hydrogen) atoms. The molecule has 1 heterocycles. The number of amides is 1. The Morgan fingerprint density at radius 1 is 1.18 bits per heavy atom. The summed E-state index contributed by atoms with van der Waals surface area (Å²) < 4.78 is 4.96. The minimum Gasteiger partial charge on any atom is -0.383 e. The molecule has 0 atom stereocenters. The van der Waals surface area contributed by atoms with E-state index in [-0.39, 0.29) is 5.91 Å². The Morgan fingerprint density at radius 3 is 2.59 bits per heavy atom. The number of aryl methyl sites for hydroxylation is 2. The second-order valence-electron chi connectivity index (χ2n) is 4.96. The molecule has 0 aliphatic carbocycles. The summed E-state index contributed by atoms with van der Waals surface area (Å²) in [7, 11) is 1.62. The molecule has 2 rings (SSSR count). The molecule has 0 saturated carbocycles. The highest BCUT2D eigenvalue weighted by Crippen LogP contribution is 2.11. The number of carbonyl (C=O) groups excluding carboxylic acids is 1. The summed E-state index contributed by atoms with van der Waals surface area (Å²) in [6.07, 6.45) is 0. The molecule has 0 bridgehead atoms. The van der Waals surface area contributed by atoms with Crippen molar-refractivity contribution in [1.82, 2.24) is 9.97 Å². The Morgan fingerprint density at radius 2 is 1.91 bits per heavy atom. The molecule has 0 spiro atoms. The van der Waals surface area contributed by atoms with E-state index in [1.54, 1.807) is 13.2 Å². The Balaban J connectivity index is 2.09. The number of rotatable bonds is 6. The van der Waals surface area contributed by atoms with Gasteiger partial charge in [0.2, 0.25) is 5.95 Å². The van der Waals surface area contributed by atoms with E-state index in [2.05, 4.69) is 20.6 Å². The highest BCUT2D eigenvalue weighted by atomic mass is 16.5. The van der Waals surface area contributed by atoms with Gasteiger partial charge in [-0.3, -0.25) is 4.79 Å². The third kappa shape index (κ3) is 4.53. The summed E-state index contributed by atoms with van der Waals surface area (Å²) in [5.41, 5.74) is 2.93. The van der Waals surface area contributed by atoms with Crippen LogP contribution in [0.25, 0.3) is 0 Å². The SMILES string of the molecule is COCCNc1nc(C)cc(C(=O)Nc2ccc(C)cc2)n1. The van der Waals surface area contributed by atoms with Crippen molar-refractivity contribution in [2.45, 2.75) is 13.8 Å². The third-order valence-electron chi connectivity index (χ3n) is 2.99. The summed E-state index contributed by atoms with van der Waals surface area (Å²) in [6, 6.07) is 9.26. The Bertz CT molecular complexity index is 641. The third-order valence-corrected chi connectivity index (χ3v) is 2.99. The number of hydrogen-bond acceptors (Lipinski definition) is 5. The highest BCUT2D eigenvalue weighted by molar-refractivity contribution is 6.03. The molecule has 0 fully saturated rings. The van der Waals surface area contributed by atoms with Crippen molar-refractivity contribution in [3.8, 4) is 0 Å². The van der Waals surface area contributed by atoms with E-state index in [4.69, 9.17) is 4.74 Å². The van der Waals surface area contributed by atoms with Gasteiger partial charge in [0.25, 0.3) is 5.91 Å².